The predicted molar refractivity (Wildman–Crippen MR) is 141 cm³/mol. The van der Waals surface area contributed by atoms with Crippen molar-refractivity contribution in [2.24, 2.45) is 5.92 Å². The van der Waals surface area contributed by atoms with Gasteiger partial charge in [0.25, 0.3) is 5.91 Å². The van der Waals surface area contributed by atoms with Gasteiger partial charge in [0.1, 0.15) is 5.82 Å². The van der Waals surface area contributed by atoms with Gasteiger partial charge in [-0.3, -0.25) is 19.2 Å². The van der Waals surface area contributed by atoms with Crippen LogP contribution in [0.2, 0.25) is 5.02 Å². The molecule has 4 amide bonds. The molecule has 0 spiro atoms. The van der Waals surface area contributed by atoms with E-state index >= 15 is 0 Å². The first-order valence-electron chi connectivity index (χ1n) is 12.2. The first-order valence-corrected chi connectivity index (χ1v) is 13.4. The van der Waals surface area contributed by atoms with E-state index in [-0.39, 0.29) is 23.6 Å². The molecular weight excluding hydrogens is 518 g/mol. The summed E-state index contributed by atoms with van der Waals surface area (Å²) < 4.78 is 0. The molecule has 3 aliphatic rings. The average Bonchev–Trinajstić information content (AvgIpc) is 3.29. The lowest BCUT2D eigenvalue weighted by Crippen LogP contribution is -2.58. The maximum atomic E-state index is 13.2. The number of hydrogen-bond donors (Lipinski definition) is 4. The number of amides is 4. The van der Waals surface area contributed by atoms with Crippen molar-refractivity contribution in [2.75, 3.05) is 39.5 Å². The summed E-state index contributed by atoms with van der Waals surface area (Å²) in [4.78, 5) is 60.0. The first kappa shape index (κ1) is 27.2. The minimum Gasteiger partial charge on any atom is -0.368 e. The van der Waals surface area contributed by atoms with Gasteiger partial charge >= 0.3 is 11.8 Å². The predicted octanol–water partition coefficient (Wildman–Crippen LogP) is 0.741. The Hall–Kier alpha value is -2.83. The number of nitrogens with one attached hydrogen (secondary N) is 4. The molecule has 1 unspecified atom stereocenters. The van der Waals surface area contributed by atoms with E-state index in [0.717, 1.165) is 30.1 Å². The molecule has 0 saturated heterocycles. The number of pyridine rings is 1. The summed E-state index contributed by atoms with van der Waals surface area (Å²) in [6, 6.07) is 2.03. The molecular formula is C24H32ClN7O4S. The van der Waals surface area contributed by atoms with Crippen LogP contribution in [0, 0.1) is 5.92 Å². The van der Waals surface area contributed by atoms with Gasteiger partial charge in [0.15, 0.2) is 5.37 Å². The fourth-order valence-electron chi connectivity index (χ4n) is 4.78. The van der Waals surface area contributed by atoms with Crippen molar-refractivity contribution in [3.8, 4) is 0 Å². The largest absolute Gasteiger partial charge is 0.368 e. The van der Waals surface area contributed by atoms with Crippen LogP contribution in [-0.2, 0) is 19.2 Å². The number of carbonyl (C=O) groups is 4. The Morgan fingerprint density at radius 2 is 1.92 bits per heavy atom. The maximum absolute atomic E-state index is 13.2. The molecule has 0 bridgehead atoms. The van der Waals surface area contributed by atoms with Crippen molar-refractivity contribution in [1.82, 2.24) is 30.7 Å². The van der Waals surface area contributed by atoms with Crippen molar-refractivity contribution in [3.63, 3.8) is 0 Å². The zero-order valence-corrected chi connectivity index (χ0v) is 22.6. The molecule has 4 rings (SSSR count). The summed E-state index contributed by atoms with van der Waals surface area (Å²) in [5.41, 5.74) is 1.10. The quantitative estimate of drug-likeness (QED) is 0.395. The van der Waals surface area contributed by atoms with E-state index < -0.39 is 29.3 Å². The Balaban J connectivity index is 1.40. The van der Waals surface area contributed by atoms with Crippen LogP contribution >= 0.6 is 23.4 Å². The summed E-state index contributed by atoms with van der Waals surface area (Å²) in [7, 11) is 5.45. The monoisotopic (exact) mass is 549 g/mol. The van der Waals surface area contributed by atoms with Gasteiger partial charge < -0.3 is 31.1 Å². The van der Waals surface area contributed by atoms with Gasteiger partial charge in [-0.05, 0) is 38.4 Å². The Morgan fingerprint density at radius 3 is 2.62 bits per heavy atom. The lowest BCUT2D eigenvalue weighted by Gasteiger charge is -2.37. The molecule has 1 saturated carbocycles. The van der Waals surface area contributed by atoms with Crippen LogP contribution in [0.3, 0.4) is 0 Å². The Kier molecular flexibility index (Phi) is 8.60. The zero-order chi connectivity index (χ0) is 26.7. The van der Waals surface area contributed by atoms with Crippen LogP contribution in [0.25, 0.3) is 0 Å². The summed E-state index contributed by atoms with van der Waals surface area (Å²) in [5, 5.41) is 11.5. The van der Waals surface area contributed by atoms with E-state index in [1.165, 1.54) is 28.9 Å². The minimum atomic E-state index is -0.875. The van der Waals surface area contributed by atoms with Crippen molar-refractivity contribution < 1.29 is 19.2 Å². The summed E-state index contributed by atoms with van der Waals surface area (Å²) in [6.07, 6.45) is 3.57. The third-order valence-electron chi connectivity index (χ3n) is 6.76. The number of halogens is 1. The number of rotatable bonds is 5. The molecule has 11 nitrogen and oxygen atoms in total. The Morgan fingerprint density at radius 1 is 1.14 bits per heavy atom. The molecule has 200 valence electrons. The highest BCUT2D eigenvalue weighted by atomic mass is 35.5. The second-order valence-electron chi connectivity index (χ2n) is 9.79. The third-order valence-corrected chi connectivity index (χ3v) is 8.21. The van der Waals surface area contributed by atoms with Crippen LogP contribution < -0.4 is 21.3 Å². The SMILES string of the molecule is CN1CCC2=C(C1)SC(C(=O)N[C@@H]1C[C@@H](C(=O)N(C)C)CC[C@@H]1NC(=O)C(=O)Nc1ccc(Cl)cn1)N2. The molecule has 13 heteroatoms. The van der Waals surface area contributed by atoms with Gasteiger partial charge in [-0.2, -0.15) is 0 Å². The van der Waals surface area contributed by atoms with Gasteiger partial charge in [0.05, 0.1) is 5.02 Å². The van der Waals surface area contributed by atoms with E-state index in [0.29, 0.717) is 24.3 Å². The highest BCUT2D eigenvalue weighted by Gasteiger charge is 2.39. The van der Waals surface area contributed by atoms with Crippen LogP contribution in [0.5, 0.6) is 0 Å². The fourth-order valence-corrected chi connectivity index (χ4v) is 6.15. The van der Waals surface area contributed by atoms with E-state index in [4.69, 9.17) is 11.6 Å². The summed E-state index contributed by atoms with van der Waals surface area (Å²) in [5.74, 6) is -2.04. The Bertz CT molecular complexity index is 1100. The van der Waals surface area contributed by atoms with E-state index in [9.17, 15) is 19.2 Å². The normalized spacial score (nSPS) is 25.5. The van der Waals surface area contributed by atoms with Crippen LogP contribution in [0.15, 0.2) is 28.9 Å². The number of carbonyl (C=O) groups excluding carboxylic acids is 4. The lowest BCUT2D eigenvalue weighted by molar-refractivity contribution is -0.138. The molecule has 3 heterocycles. The highest BCUT2D eigenvalue weighted by molar-refractivity contribution is 8.04. The van der Waals surface area contributed by atoms with Gasteiger partial charge in [-0.15, -0.1) is 0 Å². The lowest BCUT2D eigenvalue weighted by atomic mass is 9.81. The standard InChI is InChI=1S/C24H32ClN7O4S/c1-31(2)24(36)13-4-6-15(27-20(33)21(34)30-19-7-5-14(25)11-26-19)17(10-13)28-22(35)23-29-16-8-9-32(3)12-18(16)37-23/h5,7,11,13,15,17,23,29H,4,6,8-10,12H2,1-3H3,(H,27,33)(H,28,35)(H,26,30,34)/t13-,15-,17+,23?/m0/s1. The van der Waals surface area contributed by atoms with Crippen molar-refractivity contribution in [3.05, 3.63) is 34.0 Å². The van der Waals surface area contributed by atoms with Crippen molar-refractivity contribution >= 4 is 52.8 Å². The molecule has 4 atom stereocenters. The zero-order valence-electron chi connectivity index (χ0n) is 21.0. The van der Waals surface area contributed by atoms with E-state index in [1.807, 2.05) is 7.05 Å². The fraction of sp³-hybridized carbons (Fsp3) is 0.542. The number of nitrogens with zero attached hydrogens (tertiary/aromatic N) is 3. The molecule has 2 aliphatic heterocycles. The van der Waals surface area contributed by atoms with Crippen molar-refractivity contribution in [2.45, 2.75) is 43.1 Å². The number of aromatic nitrogens is 1. The molecule has 0 radical (unpaired) electrons. The van der Waals surface area contributed by atoms with E-state index in [1.54, 1.807) is 20.2 Å². The molecule has 0 aromatic carbocycles. The smallest absolute Gasteiger partial charge is 0.314 e. The summed E-state index contributed by atoms with van der Waals surface area (Å²) >= 11 is 7.31. The second-order valence-corrected chi connectivity index (χ2v) is 11.4. The number of likely N-dealkylation sites (N-methyl/N-ethyl adjacent to an activating group) is 1. The maximum Gasteiger partial charge on any atom is 0.314 e. The first-order chi connectivity index (χ1) is 17.6. The third kappa shape index (κ3) is 6.74. The molecule has 1 aliphatic carbocycles. The number of thioether (sulfide) groups is 1. The molecule has 1 aromatic heterocycles. The van der Waals surface area contributed by atoms with Gasteiger partial charge in [0, 0.05) is 68.4 Å². The van der Waals surface area contributed by atoms with Crippen LogP contribution in [0.1, 0.15) is 25.7 Å². The molecule has 1 fully saturated rings. The van der Waals surface area contributed by atoms with Gasteiger partial charge in [-0.1, -0.05) is 23.4 Å². The average molecular weight is 550 g/mol. The topological polar surface area (TPSA) is 136 Å². The molecule has 4 N–H and O–H groups in total. The van der Waals surface area contributed by atoms with Crippen molar-refractivity contribution in [1.29, 1.82) is 0 Å². The highest BCUT2D eigenvalue weighted by Crippen LogP contribution is 2.35. The minimum absolute atomic E-state index is 0.0240. The van der Waals surface area contributed by atoms with Crippen LogP contribution in [0.4, 0.5) is 5.82 Å². The van der Waals surface area contributed by atoms with E-state index in [2.05, 4.69) is 31.2 Å². The Labute approximate surface area is 225 Å². The number of hydrogen-bond acceptors (Lipinski definition) is 8. The second kappa shape index (κ2) is 11.7. The molecule has 37 heavy (non-hydrogen) atoms. The summed E-state index contributed by atoms with van der Waals surface area (Å²) in [6.45, 7) is 1.73. The number of anilines is 1. The van der Waals surface area contributed by atoms with Gasteiger partial charge in [-0.25, -0.2) is 4.98 Å². The molecule has 1 aromatic rings. The van der Waals surface area contributed by atoms with Crippen LogP contribution in [-0.4, -0.2) is 90.1 Å². The van der Waals surface area contributed by atoms with Gasteiger partial charge in [0.2, 0.25) is 5.91 Å².